The Morgan fingerprint density at radius 1 is 1.24 bits per heavy atom. The largest absolute Gasteiger partial charge is 0.376 e. The van der Waals surface area contributed by atoms with Crippen LogP contribution < -0.4 is 16.4 Å². The molecule has 7 heteroatoms. The summed E-state index contributed by atoms with van der Waals surface area (Å²) in [7, 11) is 0. The Morgan fingerprint density at radius 2 is 2.07 bits per heavy atom. The molecule has 2 aromatic rings. The average Bonchev–Trinajstić information content (AvgIpc) is 2.73. The average molecular weight is 398 g/mol. The number of hydrogen-bond donors (Lipinski definition) is 3. The Morgan fingerprint density at radius 3 is 2.83 bits per heavy atom. The molecule has 1 saturated carbocycles. The highest BCUT2D eigenvalue weighted by molar-refractivity contribution is 5.78. The van der Waals surface area contributed by atoms with E-state index in [0.717, 1.165) is 25.7 Å². The fourth-order valence-corrected chi connectivity index (χ4v) is 3.76. The first-order chi connectivity index (χ1) is 14.2. The van der Waals surface area contributed by atoms with E-state index in [9.17, 15) is 4.79 Å². The van der Waals surface area contributed by atoms with E-state index in [-0.39, 0.29) is 29.9 Å². The third kappa shape index (κ3) is 6.42. The van der Waals surface area contributed by atoms with Gasteiger partial charge in [0.1, 0.15) is 5.82 Å². The van der Waals surface area contributed by atoms with E-state index in [1.165, 1.54) is 5.56 Å². The lowest BCUT2D eigenvalue weighted by atomic mass is 9.83. The zero-order chi connectivity index (χ0) is 20.5. The lowest BCUT2D eigenvalue weighted by Gasteiger charge is -2.36. The summed E-state index contributed by atoms with van der Waals surface area (Å²) in [4.78, 5) is 20.9. The molecule has 4 N–H and O–H groups in total. The normalized spacial score (nSPS) is 21.5. The second kappa shape index (κ2) is 10.8. The molecule has 0 spiro atoms. The minimum absolute atomic E-state index is 0.00877. The van der Waals surface area contributed by atoms with E-state index < -0.39 is 0 Å². The van der Waals surface area contributed by atoms with Gasteiger partial charge in [-0.3, -0.25) is 4.79 Å². The number of carbonyl (C=O) groups is 1. The summed E-state index contributed by atoms with van der Waals surface area (Å²) in [5, 5.41) is 6.51. The van der Waals surface area contributed by atoms with Crippen molar-refractivity contribution in [3.63, 3.8) is 0 Å². The standard InChI is InChI=1S/C22H31N5O2/c1-2-14-29-19-9-8-17(15-18(19)26-20-11-13-25-22(23)27-20)21(28)24-12-10-16-6-4-3-5-7-16/h3-7,11,13,17-19H,2,8-10,12,14-15H2,1H3,(H,24,28)(H3,23,25,26,27)/t17-,18+,19+/m0/s1. The van der Waals surface area contributed by atoms with Gasteiger partial charge in [0.25, 0.3) is 0 Å². The van der Waals surface area contributed by atoms with Crippen molar-refractivity contribution in [2.45, 2.75) is 51.2 Å². The molecule has 3 atom stereocenters. The second-order valence-corrected chi connectivity index (χ2v) is 7.50. The number of carbonyl (C=O) groups excluding carboxylic acids is 1. The maximum Gasteiger partial charge on any atom is 0.223 e. The predicted octanol–water partition coefficient (Wildman–Crippen LogP) is 2.79. The minimum atomic E-state index is -0.0380. The van der Waals surface area contributed by atoms with Gasteiger partial charge in [0.05, 0.1) is 12.1 Å². The highest BCUT2D eigenvalue weighted by Gasteiger charge is 2.34. The van der Waals surface area contributed by atoms with E-state index in [1.54, 1.807) is 12.3 Å². The quantitative estimate of drug-likeness (QED) is 0.601. The number of amides is 1. The molecule has 29 heavy (non-hydrogen) atoms. The van der Waals surface area contributed by atoms with Gasteiger partial charge in [-0.05, 0) is 43.7 Å². The number of nitrogen functional groups attached to an aromatic ring is 1. The summed E-state index contributed by atoms with van der Waals surface area (Å²) < 4.78 is 6.05. The summed E-state index contributed by atoms with van der Waals surface area (Å²) in [6.07, 6.45) is 5.86. The van der Waals surface area contributed by atoms with Crippen LogP contribution in [0.2, 0.25) is 0 Å². The Labute approximate surface area is 172 Å². The first-order valence-corrected chi connectivity index (χ1v) is 10.4. The van der Waals surface area contributed by atoms with Gasteiger partial charge in [-0.15, -0.1) is 0 Å². The molecule has 0 saturated heterocycles. The summed E-state index contributed by atoms with van der Waals surface area (Å²) >= 11 is 0. The highest BCUT2D eigenvalue weighted by Crippen LogP contribution is 2.29. The zero-order valence-corrected chi connectivity index (χ0v) is 17.0. The summed E-state index contributed by atoms with van der Waals surface area (Å²) in [5.41, 5.74) is 6.93. The first kappa shape index (κ1) is 21.0. The van der Waals surface area contributed by atoms with Crippen LogP contribution in [-0.4, -0.2) is 41.2 Å². The van der Waals surface area contributed by atoms with Gasteiger partial charge in [-0.1, -0.05) is 37.3 Å². The van der Waals surface area contributed by atoms with Crippen LogP contribution in [0.1, 0.15) is 38.2 Å². The molecular weight excluding hydrogens is 366 g/mol. The van der Waals surface area contributed by atoms with Gasteiger partial charge >= 0.3 is 0 Å². The molecule has 0 aliphatic heterocycles. The number of nitrogens with zero attached hydrogens (tertiary/aromatic N) is 2. The second-order valence-electron chi connectivity index (χ2n) is 7.50. The van der Waals surface area contributed by atoms with Crippen molar-refractivity contribution in [3.8, 4) is 0 Å². The van der Waals surface area contributed by atoms with E-state index in [2.05, 4.69) is 39.7 Å². The van der Waals surface area contributed by atoms with Gasteiger partial charge in [-0.25, -0.2) is 4.98 Å². The number of anilines is 2. The molecule has 1 aliphatic rings. The van der Waals surface area contributed by atoms with E-state index >= 15 is 0 Å². The Balaban J connectivity index is 1.56. The molecule has 1 aromatic carbocycles. The fourth-order valence-electron chi connectivity index (χ4n) is 3.76. The number of nitrogens with one attached hydrogen (secondary N) is 2. The van der Waals surface area contributed by atoms with Crippen LogP contribution in [0, 0.1) is 5.92 Å². The maximum absolute atomic E-state index is 12.7. The third-order valence-electron chi connectivity index (χ3n) is 5.26. The van der Waals surface area contributed by atoms with Crippen LogP contribution in [0.4, 0.5) is 11.8 Å². The van der Waals surface area contributed by atoms with E-state index in [0.29, 0.717) is 25.4 Å². The molecular formula is C22H31N5O2. The van der Waals surface area contributed by atoms with Gasteiger partial charge in [0.15, 0.2) is 0 Å². The summed E-state index contributed by atoms with van der Waals surface area (Å²) in [5.74, 6) is 0.970. The predicted molar refractivity (Wildman–Crippen MR) is 114 cm³/mol. The van der Waals surface area contributed by atoms with Crippen LogP contribution in [0.5, 0.6) is 0 Å². The smallest absolute Gasteiger partial charge is 0.223 e. The topological polar surface area (TPSA) is 102 Å². The number of aromatic nitrogens is 2. The number of ether oxygens (including phenoxy) is 1. The molecule has 1 fully saturated rings. The monoisotopic (exact) mass is 397 g/mol. The fraction of sp³-hybridized carbons (Fsp3) is 0.500. The molecule has 1 amide bonds. The Hall–Kier alpha value is -2.67. The van der Waals surface area contributed by atoms with Crippen LogP contribution in [0.25, 0.3) is 0 Å². The molecule has 1 aliphatic carbocycles. The van der Waals surface area contributed by atoms with Gasteiger partial charge < -0.3 is 21.1 Å². The van der Waals surface area contributed by atoms with Crippen molar-refractivity contribution < 1.29 is 9.53 Å². The molecule has 0 bridgehead atoms. The van der Waals surface area contributed by atoms with Gasteiger partial charge in [-0.2, -0.15) is 4.98 Å². The van der Waals surface area contributed by atoms with Crippen molar-refractivity contribution in [2.24, 2.45) is 5.92 Å². The number of nitrogens with two attached hydrogens (primary N) is 1. The molecule has 0 radical (unpaired) electrons. The molecule has 3 rings (SSSR count). The van der Waals surface area contributed by atoms with E-state index in [1.807, 2.05) is 18.2 Å². The SMILES string of the molecule is CCCO[C@@H]1CC[C@H](C(=O)NCCc2ccccc2)C[C@H]1Nc1ccnc(N)n1. The van der Waals surface area contributed by atoms with Crippen LogP contribution in [-0.2, 0) is 16.0 Å². The number of hydrogen-bond acceptors (Lipinski definition) is 6. The summed E-state index contributed by atoms with van der Waals surface area (Å²) in [6.45, 7) is 3.46. The first-order valence-electron chi connectivity index (χ1n) is 10.4. The van der Waals surface area contributed by atoms with Crippen LogP contribution in [0.3, 0.4) is 0 Å². The third-order valence-corrected chi connectivity index (χ3v) is 5.26. The number of rotatable bonds is 9. The van der Waals surface area contributed by atoms with Crippen LogP contribution in [0.15, 0.2) is 42.6 Å². The van der Waals surface area contributed by atoms with Crippen molar-refractivity contribution >= 4 is 17.7 Å². The van der Waals surface area contributed by atoms with E-state index in [4.69, 9.17) is 10.5 Å². The maximum atomic E-state index is 12.7. The van der Waals surface area contributed by atoms with Crippen molar-refractivity contribution in [2.75, 3.05) is 24.2 Å². The van der Waals surface area contributed by atoms with Gasteiger partial charge in [0, 0.05) is 25.3 Å². The highest BCUT2D eigenvalue weighted by atomic mass is 16.5. The Kier molecular flexibility index (Phi) is 7.81. The minimum Gasteiger partial charge on any atom is -0.376 e. The summed E-state index contributed by atoms with van der Waals surface area (Å²) in [6, 6.07) is 12.0. The number of benzene rings is 1. The van der Waals surface area contributed by atoms with Gasteiger partial charge in [0.2, 0.25) is 11.9 Å². The lowest BCUT2D eigenvalue weighted by Crippen LogP contribution is -2.45. The lowest BCUT2D eigenvalue weighted by molar-refractivity contribution is -0.127. The molecule has 7 nitrogen and oxygen atoms in total. The molecule has 0 unspecified atom stereocenters. The molecule has 156 valence electrons. The van der Waals surface area contributed by atoms with Crippen LogP contribution >= 0.6 is 0 Å². The van der Waals surface area contributed by atoms with Crippen molar-refractivity contribution in [1.82, 2.24) is 15.3 Å². The molecule has 1 heterocycles. The van der Waals surface area contributed by atoms with Crippen molar-refractivity contribution in [1.29, 1.82) is 0 Å². The molecule has 1 aromatic heterocycles. The van der Waals surface area contributed by atoms with Crippen molar-refractivity contribution in [3.05, 3.63) is 48.2 Å². The zero-order valence-electron chi connectivity index (χ0n) is 17.0. The Bertz CT molecular complexity index is 771.